The summed E-state index contributed by atoms with van der Waals surface area (Å²) in [6.45, 7) is 3.46. The first-order valence-electron chi connectivity index (χ1n) is 10.00. The number of aromatic carboxylic acids is 1. The highest BCUT2D eigenvalue weighted by Crippen LogP contribution is 2.38. The van der Waals surface area contributed by atoms with Gasteiger partial charge in [-0.15, -0.1) is 0 Å². The zero-order chi connectivity index (χ0) is 25.0. The van der Waals surface area contributed by atoms with E-state index in [2.05, 4.69) is 31.9 Å². The van der Waals surface area contributed by atoms with E-state index < -0.39 is 29.1 Å². The smallest absolute Gasteiger partial charge is 0.335 e. The van der Waals surface area contributed by atoms with E-state index in [-0.39, 0.29) is 23.7 Å². The Morgan fingerprint density at radius 3 is 2.32 bits per heavy atom. The van der Waals surface area contributed by atoms with Gasteiger partial charge in [-0.25, -0.2) is 9.59 Å². The van der Waals surface area contributed by atoms with Gasteiger partial charge in [0.2, 0.25) is 0 Å². The molecular formula is C23H19Br2NO7S. The van der Waals surface area contributed by atoms with Crippen LogP contribution in [0.4, 0.5) is 4.79 Å². The molecule has 11 heteroatoms. The van der Waals surface area contributed by atoms with Gasteiger partial charge in [0, 0.05) is 0 Å². The van der Waals surface area contributed by atoms with E-state index in [0.29, 0.717) is 20.3 Å². The van der Waals surface area contributed by atoms with Crippen molar-refractivity contribution in [3.8, 4) is 5.75 Å². The summed E-state index contributed by atoms with van der Waals surface area (Å²) in [5.41, 5.74) is 1.61. The molecule has 0 spiro atoms. The van der Waals surface area contributed by atoms with Crippen LogP contribution in [0.15, 0.2) is 50.2 Å². The molecule has 34 heavy (non-hydrogen) atoms. The summed E-state index contributed by atoms with van der Waals surface area (Å²) in [4.78, 5) is 49.1. The summed E-state index contributed by atoms with van der Waals surface area (Å²) < 4.78 is 12.0. The molecule has 0 saturated carbocycles. The van der Waals surface area contributed by atoms with Crippen LogP contribution in [0, 0.1) is 0 Å². The van der Waals surface area contributed by atoms with Gasteiger partial charge in [0.05, 0.1) is 26.0 Å². The van der Waals surface area contributed by atoms with Gasteiger partial charge in [-0.2, -0.15) is 0 Å². The zero-order valence-electron chi connectivity index (χ0n) is 18.0. The summed E-state index contributed by atoms with van der Waals surface area (Å²) in [5.74, 6) is -1.69. The van der Waals surface area contributed by atoms with Crippen LogP contribution in [0.5, 0.6) is 5.75 Å². The van der Waals surface area contributed by atoms with E-state index in [1.807, 2.05) is 0 Å². The first kappa shape index (κ1) is 26.0. The third kappa shape index (κ3) is 5.89. The average molecular weight is 613 g/mol. The number of halogens is 2. The van der Waals surface area contributed by atoms with E-state index in [4.69, 9.17) is 14.6 Å². The number of hydrogen-bond donors (Lipinski definition) is 1. The lowest BCUT2D eigenvalue weighted by Crippen LogP contribution is -2.42. The van der Waals surface area contributed by atoms with Crippen molar-refractivity contribution in [2.75, 3.05) is 6.61 Å². The van der Waals surface area contributed by atoms with E-state index in [0.717, 1.165) is 22.2 Å². The second kappa shape index (κ2) is 11.2. The number of carboxylic acids is 1. The van der Waals surface area contributed by atoms with Gasteiger partial charge >= 0.3 is 11.9 Å². The Hall–Kier alpha value is -2.63. The lowest BCUT2D eigenvalue weighted by atomic mass is 10.1. The van der Waals surface area contributed by atoms with Gasteiger partial charge in [-0.3, -0.25) is 14.5 Å². The molecule has 2 aromatic carbocycles. The van der Waals surface area contributed by atoms with Crippen molar-refractivity contribution in [3.63, 3.8) is 0 Å². The molecule has 8 nitrogen and oxygen atoms in total. The molecule has 2 amide bonds. The molecule has 1 aliphatic rings. The number of ether oxygens (including phenoxy) is 2. The van der Waals surface area contributed by atoms with Crippen molar-refractivity contribution in [2.24, 2.45) is 0 Å². The molecule has 0 bridgehead atoms. The Kier molecular flexibility index (Phi) is 8.56. The molecular weight excluding hydrogens is 594 g/mol. The van der Waals surface area contributed by atoms with E-state index in [1.165, 1.54) is 19.1 Å². The monoisotopic (exact) mass is 611 g/mol. The van der Waals surface area contributed by atoms with Crippen LogP contribution in [-0.4, -0.2) is 45.7 Å². The Morgan fingerprint density at radius 1 is 1.15 bits per heavy atom. The molecule has 0 radical (unpaired) electrons. The Labute approximate surface area is 216 Å². The van der Waals surface area contributed by atoms with Gasteiger partial charge in [0.15, 0.2) is 0 Å². The van der Waals surface area contributed by atoms with Crippen molar-refractivity contribution in [1.82, 2.24) is 4.90 Å². The highest BCUT2D eigenvalue weighted by Gasteiger charge is 2.41. The number of hydrogen-bond acceptors (Lipinski definition) is 7. The topological polar surface area (TPSA) is 110 Å². The number of carbonyl (C=O) groups excluding carboxylic acids is 3. The van der Waals surface area contributed by atoms with Gasteiger partial charge < -0.3 is 14.6 Å². The highest BCUT2D eigenvalue weighted by molar-refractivity contribution is 9.11. The maximum absolute atomic E-state index is 12.8. The number of imide groups is 1. The van der Waals surface area contributed by atoms with Crippen LogP contribution in [0.1, 0.15) is 35.3 Å². The normalized spacial score (nSPS) is 15.5. The zero-order valence-corrected chi connectivity index (χ0v) is 22.0. The van der Waals surface area contributed by atoms with Crippen LogP contribution in [0.3, 0.4) is 0 Å². The number of esters is 1. The Bertz CT molecular complexity index is 1160. The SMILES string of the molecule is CCOC(=O)[C@@H](C)N1C(=O)S/C(=C/c2cc(Br)c(OCc3ccc(C(=O)O)cc3)c(Br)c2)C1=O. The molecule has 0 aromatic heterocycles. The molecule has 0 aliphatic carbocycles. The number of nitrogens with zero attached hydrogens (tertiary/aromatic N) is 1. The number of carboxylic acid groups (broad SMARTS) is 1. The van der Waals surface area contributed by atoms with Gasteiger partial charge in [0.1, 0.15) is 18.4 Å². The largest absolute Gasteiger partial charge is 0.487 e. The van der Waals surface area contributed by atoms with Crippen molar-refractivity contribution in [3.05, 3.63) is 66.9 Å². The lowest BCUT2D eigenvalue weighted by Gasteiger charge is -2.19. The van der Waals surface area contributed by atoms with Crippen LogP contribution in [0.2, 0.25) is 0 Å². The van der Waals surface area contributed by atoms with Crippen molar-refractivity contribution < 1.29 is 33.8 Å². The fourth-order valence-corrected chi connectivity index (χ4v) is 5.39. The second-order valence-electron chi connectivity index (χ2n) is 7.08. The number of benzene rings is 2. The van der Waals surface area contributed by atoms with E-state index >= 15 is 0 Å². The minimum Gasteiger partial charge on any atom is -0.487 e. The molecule has 2 aromatic rings. The standard InChI is InChI=1S/C23H19Br2NO7S/c1-3-32-22(30)12(2)26-20(27)18(34-23(26)31)10-14-8-16(24)19(17(25)9-14)33-11-13-4-6-15(7-5-13)21(28)29/h4-10,12H,3,11H2,1-2H3,(H,28,29)/b18-10+/t12-/m1/s1. The third-order valence-electron chi connectivity index (χ3n) is 4.74. The summed E-state index contributed by atoms with van der Waals surface area (Å²) in [6.07, 6.45) is 1.56. The van der Waals surface area contributed by atoms with Crippen LogP contribution >= 0.6 is 43.6 Å². The summed E-state index contributed by atoms with van der Waals surface area (Å²) in [7, 11) is 0. The predicted octanol–water partition coefficient (Wildman–Crippen LogP) is 5.48. The van der Waals surface area contributed by atoms with Crippen molar-refractivity contribution >= 4 is 72.8 Å². The average Bonchev–Trinajstić information content (AvgIpc) is 3.05. The molecule has 1 aliphatic heterocycles. The molecule has 1 saturated heterocycles. The van der Waals surface area contributed by atoms with Gasteiger partial charge in [-0.1, -0.05) is 12.1 Å². The highest BCUT2D eigenvalue weighted by atomic mass is 79.9. The first-order valence-corrected chi connectivity index (χ1v) is 12.4. The number of rotatable bonds is 8. The fourth-order valence-electron chi connectivity index (χ4n) is 3.03. The number of thioether (sulfide) groups is 1. The van der Waals surface area contributed by atoms with Crippen molar-refractivity contribution in [1.29, 1.82) is 0 Å². The molecule has 1 fully saturated rings. The minimum atomic E-state index is -1.02. The molecule has 0 unspecified atom stereocenters. The van der Waals surface area contributed by atoms with Gasteiger partial charge in [0.25, 0.3) is 11.1 Å². The number of carbonyl (C=O) groups is 4. The van der Waals surface area contributed by atoms with Crippen LogP contribution in [0.25, 0.3) is 6.08 Å². The van der Waals surface area contributed by atoms with E-state index in [1.54, 1.807) is 37.3 Å². The molecule has 1 atom stereocenters. The first-order chi connectivity index (χ1) is 16.1. The maximum Gasteiger partial charge on any atom is 0.335 e. The van der Waals surface area contributed by atoms with Crippen molar-refractivity contribution in [2.45, 2.75) is 26.5 Å². The molecule has 3 rings (SSSR count). The van der Waals surface area contributed by atoms with Crippen LogP contribution < -0.4 is 4.74 Å². The maximum atomic E-state index is 12.8. The van der Waals surface area contributed by atoms with E-state index in [9.17, 15) is 19.2 Å². The van der Waals surface area contributed by atoms with Crippen LogP contribution in [-0.2, 0) is 20.9 Å². The molecule has 1 N–H and O–H groups in total. The van der Waals surface area contributed by atoms with Gasteiger partial charge in [-0.05, 0) is 98.9 Å². The predicted molar refractivity (Wildman–Crippen MR) is 133 cm³/mol. The quantitative estimate of drug-likeness (QED) is 0.308. The summed E-state index contributed by atoms with van der Waals surface area (Å²) >= 11 is 7.67. The Balaban J connectivity index is 1.75. The fraction of sp³-hybridized carbons (Fsp3) is 0.217. The lowest BCUT2D eigenvalue weighted by molar-refractivity contribution is -0.150. The molecule has 1 heterocycles. The minimum absolute atomic E-state index is 0.152. The number of amides is 2. The third-order valence-corrected chi connectivity index (χ3v) is 6.80. The second-order valence-corrected chi connectivity index (χ2v) is 9.79. The molecule has 178 valence electrons. The summed E-state index contributed by atoms with van der Waals surface area (Å²) in [5, 5.41) is 8.45. The Morgan fingerprint density at radius 2 is 1.76 bits per heavy atom. The summed E-state index contributed by atoms with van der Waals surface area (Å²) in [6, 6.07) is 8.80.